The highest BCUT2D eigenvalue weighted by molar-refractivity contribution is 7.20. The lowest BCUT2D eigenvalue weighted by molar-refractivity contribution is 0.0758. The Labute approximate surface area is 152 Å². The number of thiophene rings is 2. The number of aryl methyl sites for hydroxylation is 2. The van der Waals surface area contributed by atoms with Gasteiger partial charge in [0.15, 0.2) is 0 Å². The van der Waals surface area contributed by atoms with Crippen LogP contribution in [-0.4, -0.2) is 26.9 Å². The minimum atomic E-state index is -0.124. The first-order valence-electron chi connectivity index (χ1n) is 7.40. The summed E-state index contributed by atoms with van der Waals surface area (Å²) in [5, 5.41) is 0.531. The van der Waals surface area contributed by atoms with Gasteiger partial charge in [0, 0.05) is 18.5 Å². The minimum absolute atomic E-state index is 0.0791. The lowest BCUT2D eigenvalue weighted by Gasteiger charge is -2.19. The van der Waals surface area contributed by atoms with Crippen molar-refractivity contribution in [3.05, 3.63) is 48.5 Å². The second-order valence-corrected chi connectivity index (χ2v) is 8.22. The van der Waals surface area contributed by atoms with E-state index in [9.17, 15) is 9.59 Å². The van der Waals surface area contributed by atoms with E-state index >= 15 is 0 Å². The molecule has 1 amide bonds. The number of carbonyl (C=O) groups is 1. The molecule has 0 unspecified atom stereocenters. The van der Waals surface area contributed by atoms with E-state index in [1.807, 2.05) is 26.0 Å². The molecule has 0 radical (unpaired) electrons. The van der Waals surface area contributed by atoms with E-state index in [1.54, 1.807) is 11.9 Å². The van der Waals surface area contributed by atoms with Crippen molar-refractivity contribution >= 4 is 50.4 Å². The van der Waals surface area contributed by atoms with Gasteiger partial charge in [-0.05, 0) is 31.5 Å². The van der Waals surface area contributed by atoms with Crippen LogP contribution in [0, 0.1) is 6.92 Å². The summed E-state index contributed by atoms with van der Waals surface area (Å²) >= 11 is 8.71. The third-order valence-electron chi connectivity index (χ3n) is 3.85. The van der Waals surface area contributed by atoms with Crippen molar-refractivity contribution in [2.75, 3.05) is 6.54 Å². The van der Waals surface area contributed by atoms with Gasteiger partial charge in [0.2, 0.25) is 0 Å². The van der Waals surface area contributed by atoms with Crippen LogP contribution < -0.4 is 5.56 Å². The van der Waals surface area contributed by atoms with E-state index in [0.29, 0.717) is 38.1 Å². The summed E-state index contributed by atoms with van der Waals surface area (Å²) in [6.07, 6.45) is 1.49. The molecule has 0 bridgehead atoms. The summed E-state index contributed by atoms with van der Waals surface area (Å²) in [4.78, 5) is 33.5. The molecule has 0 atom stereocenters. The van der Waals surface area contributed by atoms with Gasteiger partial charge in [0.25, 0.3) is 11.5 Å². The Morgan fingerprint density at radius 2 is 2.12 bits per heavy atom. The van der Waals surface area contributed by atoms with Crippen molar-refractivity contribution < 1.29 is 4.79 Å². The molecule has 126 valence electrons. The van der Waals surface area contributed by atoms with Crippen LogP contribution in [0.3, 0.4) is 0 Å². The quantitative estimate of drug-likeness (QED) is 0.692. The molecule has 3 aromatic heterocycles. The highest BCUT2D eigenvalue weighted by atomic mass is 35.5. The van der Waals surface area contributed by atoms with E-state index in [0.717, 1.165) is 4.88 Å². The molecule has 0 saturated heterocycles. The van der Waals surface area contributed by atoms with E-state index in [4.69, 9.17) is 11.6 Å². The lowest BCUT2D eigenvalue weighted by Crippen LogP contribution is -2.29. The molecule has 0 aliphatic rings. The zero-order valence-corrected chi connectivity index (χ0v) is 15.9. The van der Waals surface area contributed by atoms with Gasteiger partial charge in [-0.2, -0.15) is 0 Å². The SMILES string of the molecule is CCN(Cc1ccc(Cl)s1)C(=O)c1sc2ncn(C)c(=O)c2c1C. The molecule has 0 saturated carbocycles. The molecule has 0 N–H and O–H groups in total. The smallest absolute Gasteiger partial charge is 0.264 e. The van der Waals surface area contributed by atoms with Crippen molar-refractivity contribution in [1.82, 2.24) is 14.5 Å². The lowest BCUT2D eigenvalue weighted by atomic mass is 10.2. The Kier molecular flexibility index (Phi) is 4.76. The highest BCUT2D eigenvalue weighted by Crippen LogP contribution is 2.29. The summed E-state index contributed by atoms with van der Waals surface area (Å²) in [6, 6.07) is 3.76. The van der Waals surface area contributed by atoms with Gasteiger partial charge in [-0.25, -0.2) is 4.98 Å². The predicted molar refractivity (Wildman–Crippen MR) is 99.3 cm³/mol. The molecule has 24 heavy (non-hydrogen) atoms. The number of hydrogen-bond donors (Lipinski definition) is 0. The summed E-state index contributed by atoms with van der Waals surface area (Å²) in [5.41, 5.74) is 0.581. The summed E-state index contributed by atoms with van der Waals surface area (Å²) < 4.78 is 2.14. The van der Waals surface area contributed by atoms with E-state index in [-0.39, 0.29) is 11.5 Å². The van der Waals surface area contributed by atoms with Crippen molar-refractivity contribution in [2.24, 2.45) is 7.05 Å². The monoisotopic (exact) mass is 381 g/mol. The molecule has 3 heterocycles. The Bertz CT molecular complexity index is 974. The molecule has 3 aromatic rings. The highest BCUT2D eigenvalue weighted by Gasteiger charge is 2.23. The van der Waals surface area contributed by atoms with Gasteiger partial charge in [0.1, 0.15) is 4.83 Å². The van der Waals surface area contributed by atoms with Crippen LogP contribution in [0.1, 0.15) is 27.0 Å². The molecular weight excluding hydrogens is 366 g/mol. The van der Waals surface area contributed by atoms with Crippen LogP contribution in [-0.2, 0) is 13.6 Å². The van der Waals surface area contributed by atoms with E-state index in [2.05, 4.69) is 4.98 Å². The van der Waals surface area contributed by atoms with Crippen molar-refractivity contribution in [3.8, 4) is 0 Å². The fraction of sp³-hybridized carbons (Fsp3) is 0.312. The average Bonchev–Trinajstić information content (AvgIpc) is 3.12. The van der Waals surface area contributed by atoms with Crippen molar-refractivity contribution in [3.63, 3.8) is 0 Å². The summed E-state index contributed by atoms with van der Waals surface area (Å²) in [6.45, 7) is 4.83. The number of rotatable bonds is 4. The second-order valence-electron chi connectivity index (χ2n) is 5.42. The van der Waals surface area contributed by atoms with E-state index < -0.39 is 0 Å². The standard InChI is InChI=1S/C16H16ClN3O2S2/c1-4-20(7-10-5-6-11(17)23-10)16(22)13-9(2)12-14(24-13)18-8-19(3)15(12)21/h5-6,8H,4,7H2,1-3H3. The molecule has 3 rings (SSSR count). The van der Waals surface area contributed by atoms with Gasteiger partial charge >= 0.3 is 0 Å². The number of hydrogen-bond acceptors (Lipinski definition) is 5. The topological polar surface area (TPSA) is 55.2 Å². The predicted octanol–water partition coefficient (Wildman–Crippen LogP) is 3.68. The first-order chi connectivity index (χ1) is 11.4. The number of carbonyl (C=O) groups excluding carboxylic acids is 1. The van der Waals surface area contributed by atoms with Crippen LogP contribution >= 0.6 is 34.3 Å². The van der Waals surface area contributed by atoms with Gasteiger partial charge < -0.3 is 9.47 Å². The average molecular weight is 382 g/mol. The number of halogens is 1. The maximum absolute atomic E-state index is 12.9. The third-order valence-corrected chi connectivity index (χ3v) is 6.25. The Morgan fingerprint density at radius 1 is 1.38 bits per heavy atom. The number of amides is 1. The van der Waals surface area contributed by atoms with Crippen LogP contribution in [0.2, 0.25) is 4.34 Å². The third kappa shape index (κ3) is 2.99. The minimum Gasteiger partial charge on any atom is -0.333 e. The zero-order chi connectivity index (χ0) is 17.4. The van der Waals surface area contributed by atoms with Gasteiger partial charge in [-0.1, -0.05) is 11.6 Å². The normalized spacial score (nSPS) is 11.2. The van der Waals surface area contributed by atoms with Crippen LogP contribution in [0.25, 0.3) is 10.2 Å². The van der Waals surface area contributed by atoms with Gasteiger partial charge in [0.05, 0.1) is 27.5 Å². The second kappa shape index (κ2) is 6.66. The Balaban J connectivity index is 1.99. The summed E-state index contributed by atoms with van der Waals surface area (Å²) in [5.74, 6) is -0.0791. The molecular formula is C16H16ClN3O2S2. The molecule has 0 aromatic carbocycles. The van der Waals surface area contributed by atoms with Crippen LogP contribution in [0.4, 0.5) is 0 Å². The fourth-order valence-electron chi connectivity index (χ4n) is 2.51. The van der Waals surface area contributed by atoms with E-state index in [1.165, 1.54) is 33.6 Å². The first kappa shape index (κ1) is 17.1. The molecule has 5 nitrogen and oxygen atoms in total. The largest absolute Gasteiger partial charge is 0.333 e. The summed E-state index contributed by atoms with van der Waals surface area (Å²) in [7, 11) is 1.66. The number of aromatic nitrogens is 2. The first-order valence-corrected chi connectivity index (χ1v) is 9.41. The number of nitrogens with zero attached hydrogens (tertiary/aromatic N) is 3. The molecule has 8 heteroatoms. The Morgan fingerprint density at radius 3 is 2.75 bits per heavy atom. The zero-order valence-electron chi connectivity index (χ0n) is 13.5. The van der Waals surface area contributed by atoms with Gasteiger partial charge in [-0.3, -0.25) is 9.59 Å². The van der Waals surface area contributed by atoms with Crippen molar-refractivity contribution in [1.29, 1.82) is 0 Å². The number of fused-ring (bicyclic) bond motifs is 1. The molecule has 0 spiro atoms. The Hall–Kier alpha value is -1.70. The molecule has 0 aliphatic heterocycles. The molecule has 0 fully saturated rings. The fourth-order valence-corrected chi connectivity index (χ4v) is 4.72. The maximum Gasteiger partial charge on any atom is 0.264 e. The molecule has 0 aliphatic carbocycles. The van der Waals surface area contributed by atoms with Crippen molar-refractivity contribution in [2.45, 2.75) is 20.4 Å². The van der Waals surface area contributed by atoms with Gasteiger partial charge in [-0.15, -0.1) is 22.7 Å². The maximum atomic E-state index is 12.9. The van der Waals surface area contributed by atoms with Crippen LogP contribution in [0.15, 0.2) is 23.3 Å². The van der Waals surface area contributed by atoms with Crippen LogP contribution in [0.5, 0.6) is 0 Å².